The number of aromatic nitrogens is 2. The highest BCUT2D eigenvalue weighted by Gasteiger charge is 2.31. The highest BCUT2D eigenvalue weighted by Crippen LogP contribution is 2.33. The van der Waals surface area contributed by atoms with Gasteiger partial charge in [-0.15, -0.1) is 11.3 Å². The van der Waals surface area contributed by atoms with Gasteiger partial charge in [-0.2, -0.15) is 13.2 Å². The minimum absolute atomic E-state index is 0.0407. The van der Waals surface area contributed by atoms with Crippen molar-refractivity contribution in [1.29, 1.82) is 0 Å². The lowest BCUT2D eigenvalue weighted by Gasteiger charge is -2.07. The monoisotopic (exact) mass is 382 g/mol. The van der Waals surface area contributed by atoms with Crippen LogP contribution in [0.15, 0.2) is 30.5 Å². The summed E-state index contributed by atoms with van der Waals surface area (Å²) in [6, 6.07) is 4.65. The summed E-state index contributed by atoms with van der Waals surface area (Å²) in [6.45, 7) is 1.96. The molecule has 5 nitrogen and oxygen atoms in total. The molecule has 3 aromatic rings. The van der Waals surface area contributed by atoms with Gasteiger partial charge in [0, 0.05) is 16.6 Å². The lowest BCUT2D eigenvalue weighted by atomic mass is 10.1. The molecule has 0 fully saturated rings. The third-order valence-corrected chi connectivity index (χ3v) is 4.59. The fourth-order valence-electron chi connectivity index (χ4n) is 2.51. The van der Waals surface area contributed by atoms with Gasteiger partial charge in [-0.25, -0.2) is 4.98 Å². The number of halogens is 3. The quantitative estimate of drug-likeness (QED) is 0.494. The number of fused-ring (bicyclic) bond motifs is 1. The number of nitrogens with zero attached hydrogens (tertiary/aromatic N) is 2. The van der Waals surface area contributed by atoms with Crippen LogP contribution in [0.4, 0.5) is 13.2 Å². The van der Waals surface area contributed by atoms with E-state index < -0.39 is 17.7 Å². The summed E-state index contributed by atoms with van der Waals surface area (Å²) in [5, 5.41) is 0. The van der Waals surface area contributed by atoms with Crippen molar-refractivity contribution in [1.82, 2.24) is 9.38 Å². The first-order valence-electron chi connectivity index (χ1n) is 7.62. The molecular weight excluding hydrogens is 369 g/mol. The van der Waals surface area contributed by atoms with Crippen molar-refractivity contribution in [3.8, 4) is 11.3 Å². The van der Waals surface area contributed by atoms with Gasteiger partial charge in [0.2, 0.25) is 0 Å². The Morgan fingerprint density at radius 1 is 1.38 bits per heavy atom. The van der Waals surface area contributed by atoms with E-state index in [0.29, 0.717) is 16.1 Å². The predicted molar refractivity (Wildman–Crippen MR) is 89.2 cm³/mol. The fraction of sp³-hybridized carbons (Fsp3) is 0.235. The van der Waals surface area contributed by atoms with Gasteiger partial charge >= 0.3 is 12.1 Å². The van der Waals surface area contributed by atoms with Gasteiger partial charge < -0.3 is 4.74 Å². The summed E-state index contributed by atoms with van der Waals surface area (Å²) in [5.41, 5.74) is -0.318. The zero-order chi connectivity index (χ0) is 18.9. The molecule has 9 heteroatoms. The molecule has 0 aliphatic rings. The molecule has 2 aromatic heterocycles. The molecule has 3 rings (SSSR count). The Kier molecular flexibility index (Phi) is 4.82. The van der Waals surface area contributed by atoms with Crippen molar-refractivity contribution in [2.24, 2.45) is 0 Å². The molecule has 1 aromatic carbocycles. The molecule has 0 saturated heterocycles. The first-order chi connectivity index (χ1) is 12.3. The lowest BCUT2D eigenvalue weighted by molar-refractivity contribution is -0.142. The van der Waals surface area contributed by atoms with Gasteiger partial charge in [0.15, 0.2) is 11.2 Å². The molecule has 0 N–H and O–H groups in total. The second-order valence-electron chi connectivity index (χ2n) is 5.37. The maximum atomic E-state index is 12.9. The Labute approximate surface area is 150 Å². The zero-order valence-electron chi connectivity index (χ0n) is 13.5. The molecule has 0 amide bonds. The highest BCUT2D eigenvalue weighted by molar-refractivity contribution is 7.17. The first-order valence-corrected chi connectivity index (χ1v) is 8.44. The third kappa shape index (κ3) is 3.48. The summed E-state index contributed by atoms with van der Waals surface area (Å²) in [5.74, 6) is -0.400. The summed E-state index contributed by atoms with van der Waals surface area (Å²) in [6.07, 6.45) is -2.33. The fourth-order valence-corrected chi connectivity index (χ4v) is 3.48. The van der Waals surface area contributed by atoms with E-state index in [2.05, 4.69) is 4.98 Å². The van der Waals surface area contributed by atoms with E-state index in [4.69, 9.17) is 4.74 Å². The van der Waals surface area contributed by atoms with Crippen LogP contribution >= 0.6 is 11.3 Å². The summed E-state index contributed by atoms with van der Waals surface area (Å²) < 4.78 is 45.1. The molecule has 0 spiro atoms. The van der Waals surface area contributed by atoms with Crippen LogP contribution in [0.3, 0.4) is 0 Å². The Hall–Kier alpha value is -2.68. The minimum Gasteiger partial charge on any atom is -0.466 e. The Bertz CT molecular complexity index is 975. The van der Waals surface area contributed by atoms with Crippen LogP contribution in [0.5, 0.6) is 0 Å². The highest BCUT2D eigenvalue weighted by atomic mass is 32.1. The van der Waals surface area contributed by atoms with E-state index in [1.165, 1.54) is 27.9 Å². The van der Waals surface area contributed by atoms with E-state index in [-0.39, 0.29) is 30.0 Å². The third-order valence-electron chi connectivity index (χ3n) is 3.61. The smallest absolute Gasteiger partial charge is 0.416 e. The van der Waals surface area contributed by atoms with Crippen LogP contribution < -0.4 is 0 Å². The second-order valence-corrected chi connectivity index (χ2v) is 6.47. The lowest BCUT2D eigenvalue weighted by Crippen LogP contribution is -2.06. The number of hydrogen-bond donors (Lipinski definition) is 0. The van der Waals surface area contributed by atoms with Crippen LogP contribution in [0, 0.1) is 0 Å². The van der Waals surface area contributed by atoms with Gasteiger partial charge in [0.1, 0.15) is 11.4 Å². The summed E-state index contributed by atoms with van der Waals surface area (Å²) in [7, 11) is 0. The topological polar surface area (TPSA) is 60.7 Å². The minimum atomic E-state index is -4.48. The number of rotatable bonds is 5. The summed E-state index contributed by atoms with van der Waals surface area (Å²) >= 11 is 1.18. The molecule has 136 valence electrons. The molecule has 0 aliphatic carbocycles. The molecule has 26 heavy (non-hydrogen) atoms. The van der Waals surface area contributed by atoms with Crippen LogP contribution in [0.1, 0.15) is 27.9 Å². The maximum absolute atomic E-state index is 12.9. The van der Waals surface area contributed by atoms with E-state index >= 15 is 0 Å². The Morgan fingerprint density at radius 3 is 2.81 bits per heavy atom. The Morgan fingerprint density at radius 2 is 2.15 bits per heavy atom. The SMILES string of the molecule is CCOC(=O)Cc1cn2c(C=O)c(-c3cccc(C(F)(F)F)c3)nc2s1. The number of carbonyl (C=O) groups is 2. The van der Waals surface area contributed by atoms with Crippen LogP contribution in [-0.2, 0) is 22.1 Å². The average molecular weight is 382 g/mol. The van der Waals surface area contributed by atoms with Crippen molar-refractivity contribution in [2.75, 3.05) is 6.61 Å². The molecule has 0 radical (unpaired) electrons. The van der Waals surface area contributed by atoms with Gasteiger partial charge in [0.05, 0.1) is 18.6 Å². The molecule has 0 bridgehead atoms. The number of thiazole rings is 1. The number of imidazole rings is 1. The predicted octanol–water partition coefficient (Wildman–Crippen LogP) is 4.00. The molecule has 0 unspecified atom stereocenters. The standard InChI is InChI=1S/C17H13F3N2O3S/c1-2-25-14(24)7-12-8-22-13(9-23)15(21-16(22)26-12)10-4-3-5-11(6-10)17(18,19)20/h3-6,8-9H,2,7H2,1H3. The van der Waals surface area contributed by atoms with Crippen molar-refractivity contribution < 1.29 is 27.5 Å². The van der Waals surface area contributed by atoms with Gasteiger partial charge in [-0.05, 0) is 19.1 Å². The number of aldehydes is 1. The van der Waals surface area contributed by atoms with E-state index in [9.17, 15) is 22.8 Å². The zero-order valence-corrected chi connectivity index (χ0v) is 14.4. The number of ether oxygens (including phenoxy) is 1. The van der Waals surface area contributed by atoms with Crippen molar-refractivity contribution in [3.63, 3.8) is 0 Å². The summed E-state index contributed by atoms with van der Waals surface area (Å²) in [4.78, 5) is 28.4. The first kappa shape index (κ1) is 18.1. The van der Waals surface area contributed by atoms with Crippen LogP contribution in [0.25, 0.3) is 16.2 Å². The van der Waals surface area contributed by atoms with Crippen molar-refractivity contribution in [3.05, 3.63) is 46.6 Å². The number of carbonyl (C=O) groups excluding carboxylic acids is 2. The van der Waals surface area contributed by atoms with Gasteiger partial charge in [-0.1, -0.05) is 12.1 Å². The second kappa shape index (κ2) is 6.91. The van der Waals surface area contributed by atoms with E-state index in [1.54, 1.807) is 13.1 Å². The number of benzene rings is 1. The molecule has 2 heterocycles. The molecule has 0 saturated carbocycles. The Balaban J connectivity index is 2.02. The van der Waals surface area contributed by atoms with Crippen molar-refractivity contribution in [2.45, 2.75) is 19.5 Å². The average Bonchev–Trinajstić information content (AvgIpc) is 3.11. The van der Waals surface area contributed by atoms with E-state index in [1.807, 2.05) is 0 Å². The van der Waals surface area contributed by atoms with Crippen LogP contribution in [-0.4, -0.2) is 28.2 Å². The van der Waals surface area contributed by atoms with Crippen molar-refractivity contribution >= 4 is 28.6 Å². The maximum Gasteiger partial charge on any atom is 0.416 e. The largest absolute Gasteiger partial charge is 0.466 e. The molecule has 0 atom stereocenters. The normalized spacial score (nSPS) is 11.7. The number of alkyl halides is 3. The van der Waals surface area contributed by atoms with Gasteiger partial charge in [0.25, 0.3) is 0 Å². The molecule has 0 aliphatic heterocycles. The van der Waals surface area contributed by atoms with Gasteiger partial charge in [-0.3, -0.25) is 14.0 Å². The number of esters is 1. The van der Waals surface area contributed by atoms with Crippen LogP contribution in [0.2, 0.25) is 0 Å². The number of hydrogen-bond acceptors (Lipinski definition) is 5. The molecular formula is C17H13F3N2O3S. The van der Waals surface area contributed by atoms with E-state index in [0.717, 1.165) is 12.1 Å².